The standard InChI is InChI=1S/C14H29NO3/c1-5-6-10-15-11-8-7-9-12-17-13(16)18-14(2,3)4/h15H,5-12H2,1-4H3. The lowest BCUT2D eigenvalue weighted by molar-refractivity contribution is -0.00768. The molecule has 0 aromatic carbocycles. The Labute approximate surface area is 111 Å². The van der Waals surface area contributed by atoms with Crippen molar-refractivity contribution in [3.05, 3.63) is 0 Å². The maximum absolute atomic E-state index is 11.2. The Hall–Kier alpha value is -0.770. The van der Waals surface area contributed by atoms with E-state index in [0.717, 1.165) is 32.4 Å². The number of ether oxygens (including phenoxy) is 2. The van der Waals surface area contributed by atoms with E-state index in [1.54, 1.807) is 0 Å². The highest BCUT2D eigenvalue weighted by atomic mass is 16.7. The van der Waals surface area contributed by atoms with E-state index in [4.69, 9.17) is 9.47 Å². The molecule has 0 spiro atoms. The molecule has 108 valence electrons. The highest BCUT2D eigenvalue weighted by Crippen LogP contribution is 2.08. The lowest BCUT2D eigenvalue weighted by Gasteiger charge is -2.18. The van der Waals surface area contributed by atoms with Gasteiger partial charge >= 0.3 is 6.16 Å². The van der Waals surface area contributed by atoms with Gasteiger partial charge < -0.3 is 14.8 Å². The number of rotatable bonds is 9. The Bertz CT molecular complexity index is 212. The minimum Gasteiger partial charge on any atom is -0.434 e. The van der Waals surface area contributed by atoms with E-state index in [2.05, 4.69) is 12.2 Å². The predicted molar refractivity (Wildman–Crippen MR) is 73.8 cm³/mol. The fourth-order valence-electron chi connectivity index (χ4n) is 1.39. The third-order valence-corrected chi connectivity index (χ3v) is 2.31. The quantitative estimate of drug-likeness (QED) is 0.508. The van der Waals surface area contributed by atoms with E-state index >= 15 is 0 Å². The molecule has 0 aliphatic carbocycles. The smallest absolute Gasteiger partial charge is 0.434 e. The van der Waals surface area contributed by atoms with Crippen LogP contribution in [0.15, 0.2) is 0 Å². The first kappa shape index (κ1) is 17.2. The summed E-state index contributed by atoms with van der Waals surface area (Å²) in [4.78, 5) is 11.2. The summed E-state index contributed by atoms with van der Waals surface area (Å²) < 4.78 is 10.0. The summed E-state index contributed by atoms with van der Waals surface area (Å²) in [5.41, 5.74) is -0.472. The maximum Gasteiger partial charge on any atom is 0.508 e. The molecule has 4 heteroatoms. The number of unbranched alkanes of at least 4 members (excludes halogenated alkanes) is 3. The van der Waals surface area contributed by atoms with E-state index < -0.39 is 11.8 Å². The first-order valence-corrected chi connectivity index (χ1v) is 7.02. The second-order valence-corrected chi connectivity index (χ2v) is 5.48. The highest BCUT2D eigenvalue weighted by Gasteiger charge is 2.16. The van der Waals surface area contributed by atoms with Crippen LogP contribution in [0.25, 0.3) is 0 Å². The van der Waals surface area contributed by atoms with E-state index in [1.807, 2.05) is 20.8 Å². The summed E-state index contributed by atoms with van der Waals surface area (Å²) in [5.74, 6) is 0. The molecular formula is C14H29NO3. The van der Waals surface area contributed by atoms with Gasteiger partial charge in [-0.25, -0.2) is 4.79 Å². The van der Waals surface area contributed by atoms with Crippen molar-refractivity contribution in [3.8, 4) is 0 Å². The van der Waals surface area contributed by atoms with Gasteiger partial charge in [0.05, 0.1) is 6.61 Å². The van der Waals surface area contributed by atoms with E-state index in [-0.39, 0.29) is 0 Å². The molecule has 1 N–H and O–H groups in total. The molecule has 4 nitrogen and oxygen atoms in total. The molecule has 0 radical (unpaired) electrons. The van der Waals surface area contributed by atoms with Crippen molar-refractivity contribution >= 4 is 6.16 Å². The van der Waals surface area contributed by atoms with Crippen molar-refractivity contribution in [1.29, 1.82) is 0 Å². The molecule has 0 saturated heterocycles. The summed E-state index contributed by atoms with van der Waals surface area (Å²) in [6.45, 7) is 10.3. The summed E-state index contributed by atoms with van der Waals surface area (Å²) in [6.07, 6.45) is 5.00. The van der Waals surface area contributed by atoms with Crippen LogP contribution in [0.4, 0.5) is 4.79 Å². The SMILES string of the molecule is CCCCNCCCCCOC(=O)OC(C)(C)C. The van der Waals surface area contributed by atoms with Crippen LogP contribution in [-0.2, 0) is 9.47 Å². The van der Waals surface area contributed by atoms with Gasteiger partial charge in [0.1, 0.15) is 5.60 Å². The Morgan fingerprint density at radius 1 is 1.06 bits per heavy atom. The zero-order chi connectivity index (χ0) is 13.9. The van der Waals surface area contributed by atoms with Gasteiger partial charge in [-0.1, -0.05) is 13.3 Å². The van der Waals surface area contributed by atoms with Gasteiger partial charge in [-0.3, -0.25) is 0 Å². The number of carbonyl (C=O) groups excluding carboxylic acids is 1. The van der Waals surface area contributed by atoms with Gasteiger partial charge in [0.2, 0.25) is 0 Å². The van der Waals surface area contributed by atoms with Crippen molar-refractivity contribution in [2.75, 3.05) is 19.7 Å². The molecule has 0 aromatic rings. The molecule has 18 heavy (non-hydrogen) atoms. The third kappa shape index (κ3) is 13.3. The Balaban J connectivity index is 3.23. The van der Waals surface area contributed by atoms with Crippen LogP contribution in [-0.4, -0.2) is 31.5 Å². The topological polar surface area (TPSA) is 47.6 Å². The zero-order valence-corrected chi connectivity index (χ0v) is 12.4. The number of hydrogen-bond donors (Lipinski definition) is 1. The van der Waals surface area contributed by atoms with Crippen molar-refractivity contribution in [3.63, 3.8) is 0 Å². The molecule has 0 aliphatic rings. The average molecular weight is 259 g/mol. The molecule has 0 saturated carbocycles. The minimum atomic E-state index is -0.566. The molecule has 0 aromatic heterocycles. The number of nitrogens with one attached hydrogen (secondary N) is 1. The van der Waals surface area contributed by atoms with Gasteiger partial charge in [0, 0.05) is 0 Å². The van der Waals surface area contributed by atoms with Crippen LogP contribution in [0.2, 0.25) is 0 Å². The molecule has 0 fully saturated rings. The van der Waals surface area contributed by atoms with Gasteiger partial charge in [0.15, 0.2) is 0 Å². The summed E-state index contributed by atoms with van der Waals surface area (Å²) in [7, 11) is 0. The molecule has 0 atom stereocenters. The molecule has 0 unspecified atom stereocenters. The fourth-order valence-corrected chi connectivity index (χ4v) is 1.39. The van der Waals surface area contributed by atoms with Crippen molar-refractivity contribution in [2.45, 2.75) is 65.4 Å². The van der Waals surface area contributed by atoms with Gasteiger partial charge in [-0.05, 0) is 59.5 Å². The van der Waals surface area contributed by atoms with E-state index in [0.29, 0.717) is 6.61 Å². The average Bonchev–Trinajstić information content (AvgIpc) is 2.24. The second kappa shape index (κ2) is 10.2. The minimum absolute atomic E-state index is 0.448. The zero-order valence-electron chi connectivity index (χ0n) is 12.4. The molecule has 0 bridgehead atoms. The van der Waals surface area contributed by atoms with Crippen molar-refractivity contribution < 1.29 is 14.3 Å². The molecule has 0 aliphatic heterocycles. The van der Waals surface area contributed by atoms with Crippen LogP contribution in [0.3, 0.4) is 0 Å². The lowest BCUT2D eigenvalue weighted by atomic mass is 10.2. The first-order valence-electron chi connectivity index (χ1n) is 7.02. The van der Waals surface area contributed by atoms with Crippen LogP contribution >= 0.6 is 0 Å². The largest absolute Gasteiger partial charge is 0.508 e. The van der Waals surface area contributed by atoms with E-state index in [9.17, 15) is 4.79 Å². The van der Waals surface area contributed by atoms with Crippen LogP contribution in [0, 0.1) is 0 Å². The molecule has 0 amide bonds. The molecular weight excluding hydrogens is 230 g/mol. The summed E-state index contributed by atoms with van der Waals surface area (Å²) in [6, 6.07) is 0. The van der Waals surface area contributed by atoms with Gasteiger partial charge in [-0.15, -0.1) is 0 Å². The lowest BCUT2D eigenvalue weighted by Crippen LogP contribution is -2.24. The molecule has 0 heterocycles. The summed E-state index contributed by atoms with van der Waals surface area (Å²) in [5, 5.41) is 3.38. The first-order chi connectivity index (χ1) is 8.45. The Morgan fingerprint density at radius 3 is 2.33 bits per heavy atom. The van der Waals surface area contributed by atoms with Crippen molar-refractivity contribution in [1.82, 2.24) is 5.32 Å². The predicted octanol–water partition coefficient (Wildman–Crippen LogP) is 3.50. The normalized spacial score (nSPS) is 11.3. The second-order valence-electron chi connectivity index (χ2n) is 5.48. The third-order valence-electron chi connectivity index (χ3n) is 2.31. The Kier molecular flexibility index (Phi) is 9.74. The van der Waals surface area contributed by atoms with Crippen LogP contribution in [0.1, 0.15) is 59.8 Å². The maximum atomic E-state index is 11.2. The van der Waals surface area contributed by atoms with Crippen molar-refractivity contribution in [2.24, 2.45) is 0 Å². The fraction of sp³-hybridized carbons (Fsp3) is 0.929. The van der Waals surface area contributed by atoms with Gasteiger partial charge in [0.25, 0.3) is 0 Å². The molecule has 0 rings (SSSR count). The summed E-state index contributed by atoms with van der Waals surface area (Å²) >= 11 is 0. The highest BCUT2D eigenvalue weighted by molar-refractivity contribution is 5.60. The monoisotopic (exact) mass is 259 g/mol. The van der Waals surface area contributed by atoms with Gasteiger partial charge in [-0.2, -0.15) is 0 Å². The number of carbonyl (C=O) groups is 1. The Morgan fingerprint density at radius 2 is 1.72 bits per heavy atom. The van der Waals surface area contributed by atoms with E-state index in [1.165, 1.54) is 12.8 Å². The number of hydrogen-bond acceptors (Lipinski definition) is 4. The van der Waals surface area contributed by atoms with Crippen LogP contribution < -0.4 is 5.32 Å². The van der Waals surface area contributed by atoms with Crippen LogP contribution in [0.5, 0.6) is 0 Å².